The number of carboxylic acids is 1. The van der Waals surface area contributed by atoms with Gasteiger partial charge in [0, 0.05) is 26.2 Å². The van der Waals surface area contributed by atoms with Crippen molar-refractivity contribution in [2.45, 2.75) is 31.5 Å². The van der Waals surface area contributed by atoms with Gasteiger partial charge in [0.25, 0.3) is 0 Å². The van der Waals surface area contributed by atoms with E-state index < -0.39 is 30.2 Å². The molecule has 0 fully saturated rings. The highest BCUT2D eigenvalue weighted by atomic mass is 16.5. The van der Waals surface area contributed by atoms with Gasteiger partial charge in [-0.25, -0.2) is 9.59 Å². The van der Waals surface area contributed by atoms with Crippen LogP contribution in [0.4, 0.5) is 4.79 Å². The van der Waals surface area contributed by atoms with Crippen molar-refractivity contribution in [3.05, 3.63) is 59.7 Å². The number of methoxy groups -OCH3 is 1. The highest BCUT2D eigenvalue weighted by molar-refractivity contribution is 5.79. The largest absolute Gasteiger partial charge is 0.479 e. The lowest BCUT2D eigenvalue weighted by molar-refractivity contribution is -0.148. The van der Waals surface area contributed by atoms with Crippen molar-refractivity contribution in [3.63, 3.8) is 0 Å². The predicted octanol–water partition coefficient (Wildman–Crippen LogP) is 2.54. The average molecular weight is 471 g/mol. The highest BCUT2D eigenvalue weighted by Gasteiger charge is 2.29. The fourth-order valence-electron chi connectivity index (χ4n) is 4.03. The minimum Gasteiger partial charge on any atom is -0.479 e. The summed E-state index contributed by atoms with van der Waals surface area (Å²) in [6, 6.07) is 16.2. The number of fused-ring (bicyclic) bond motifs is 3. The Morgan fingerprint density at radius 3 is 2.15 bits per heavy atom. The number of carbonyl (C=O) groups is 3. The summed E-state index contributed by atoms with van der Waals surface area (Å²) in [7, 11) is 1.26. The van der Waals surface area contributed by atoms with E-state index in [4.69, 9.17) is 19.3 Å². The van der Waals surface area contributed by atoms with Crippen LogP contribution in [-0.2, 0) is 23.8 Å². The van der Waals surface area contributed by atoms with Crippen LogP contribution in [0.25, 0.3) is 11.1 Å². The lowest BCUT2D eigenvalue weighted by Gasteiger charge is -2.19. The minimum absolute atomic E-state index is 0.0467. The van der Waals surface area contributed by atoms with Crippen LogP contribution in [-0.4, -0.2) is 68.7 Å². The normalized spacial score (nSPS) is 13.9. The molecule has 3 rings (SSSR count). The number of aliphatic carboxylic acids is 1. The summed E-state index contributed by atoms with van der Waals surface area (Å²) in [5.41, 5.74) is 4.54. The van der Waals surface area contributed by atoms with Crippen molar-refractivity contribution in [2.24, 2.45) is 0 Å². The van der Waals surface area contributed by atoms with Crippen molar-refractivity contribution >= 4 is 18.0 Å². The summed E-state index contributed by atoms with van der Waals surface area (Å²) in [6.07, 6.45) is -2.37. The maximum Gasteiger partial charge on any atom is 0.407 e. The summed E-state index contributed by atoms with van der Waals surface area (Å²) in [5, 5.41) is 14.1. The summed E-state index contributed by atoms with van der Waals surface area (Å²) in [6.45, 7) is 2.23. The highest BCUT2D eigenvalue weighted by Crippen LogP contribution is 2.44. The van der Waals surface area contributed by atoms with Gasteiger partial charge in [-0.1, -0.05) is 48.5 Å². The second-order valence-electron chi connectivity index (χ2n) is 7.85. The number of alkyl carbamates (subject to hydrolysis) is 1. The lowest BCUT2D eigenvalue weighted by Crippen LogP contribution is -2.41. The molecule has 2 atom stereocenters. The molecule has 0 spiro atoms. The molecule has 0 saturated carbocycles. The van der Waals surface area contributed by atoms with Gasteiger partial charge in [0.2, 0.25) is 5.91 Å². The van der Waals surface area contributed by atoms with E-state index in [1.165, 1.54) is 7.11 Å². The number of hydrogen-bond donors (Lipinski definition) is 3. The smallest absolute Gasteiger partial charge is 0.407 e. The molecule has 2 aromatic carbocycles. The molecule has 0 aromatic heterocycles. The Morgan fingerprint density at radius 2 is 1.59 bits per heavy atom. The first-order valence-corrected chi connectivity index (χ1v) is 11.2. The van der Waals surface area contributed by atoms with Gasteiger partial charge in [-0.15, -0.1) is 0 Å². The fraction of sp³-hybridized carbons (Fsp3) is 0.400. The topological polar surface area (TPSA) is 123 Å². The Bertz CT molecular complexity index is 965. The Labute approximate surface area is 198 Å². The Morgan fingerprint density at radius 1 is 0.971 bits per heavy atom. The third-order valence-electron chi connectivity index (χ3n) is 5.68. The van der Waals surface area contributed by atoms with E-state index in [9.17, 15) is 14.4 Å². The third kappa shape index (κ3) is 6.33. The minimum atomic E-state index is -1.17. The van der Waals surface area contributed by atoms with Gasteiger partial charge >= 0.3 is 12.1 Å². The van der Waals surface area contributed by atoms with E-state index in [0.29, 0.717) is 6.61 Å². The number of ether oxygens (including phenoxy) is 3. The van der Waals surface area contributed by atoms with Crippen LogP contribution in [0, 0.1) is 0 Å². The molecule has 9 heteroatoms. The molecular weight excluding hydrogens is 440 g/mol. The van der Waals surface area contributed by atoms with Gasteiger partial charge in [-0.2, -0.15) is 0 Å². The molecule has 1 aliphatic carbocycles. The first kappa shape index (κ1) is 25.2. The molecule has 0 bridgehead atoms. The standard InChI is InChI=1S/C25H30N2O7/c1-3-33-16(12-23(28)26-14-22(32-2)24(29)30)13-27-25(31)34-15-21-19-10-6-4-8-17(19)18-9-5-7-11-20(18)21/h4-11,16,21-22H,3,12-15H2,1-2H3,(H,26,28)(H,27,31)(H,29,30). The maximum absolute atomic E-state index is 12.4. The zero-order valence-electron chi connectivity index (χ0n) is 19.3. The monoisotopic (exact) mass is 470 g/mol. The molecule has 1 aliphatic rings. The summed E-state index contributed by atoms with van der Waals surface area (Å²) >= 11 is 0. The van der Waals surface area contributed by atoms with Crippen molar-refractivity contribution in [3.8, 4) is 11.1 Å². The maximum atomic E-state index is 12.4. The van der Waals surface area contributed by atoms with Gasteiger partial charge in [0.15, 0.2) is 6.10 Å². The molecule has 2 unspecified atom stereocenters. The number of amides is 2. The number of carboxylic acid groups (broad SMARTS) is 1. The number of carbonyl (C=O) groups excluding carboxylic acids is 2. The SMILES string of the molecule is CCOC(CNC(=O)OCC1c2ccccc2-c2ccccc21)CC(=O)NCC(OC)C(=O)O. The van der Waals surface area contributed by atoms with E-state index in [1.54, 1.807) is 6.92 Å². The van der Waals surface area contributed by atoms with Crippen LogP contribution >= 0.6 is 0 Å². The molecule has 0 radical (unpaired) electrons. The molecule has 3 N–H and O–H groups in total. The van der Waals surface area contributed by atoms with E-state index >= 15 is 0 Å². The summed E-state index contributed by atoms with van der Waals surface area (Å²) < 4.78 is 15.8. The van der Waals surface area contributed by atoms with Crippen LogP contribution in [0.2, 0.25) is 0 Å². The summed E-state index contributed by atoms with van der Waals surface area (Å²) in [5.74, 6) is -1.62. The number of nitrogens with one attached hydrogen (secondary N) is 2. The molecule has 0 heterocycles. The Hall–Kier alpha value is -3.43. The third-order valence-corrected chi connectivity index (χ3v) is 5.68. The van der Waals surface area contributed by atoms with E-state index in [2.05, 4.69) is 22.8 Å². The fourth-order valence-corrected chi connectivity index (χ4v) is 4.03. The number of benzene rings is 2. The van der Waals surface area contributed by atoms with Gasteiger partial charge in [0.05, 0.1) is 19.1 Å². The van der Waals surface area contributed by atoms with Crippen LogP contribution in [0.3, 0.4) is 0 Å². The molecule has 34 heavy (non-hydrogen) atoms. The average Bonchev–Trinajstić information content (AvgIpc) is 3.15. The first-order valence-electron chi connectivity index (χ1n) is 11.2. The van der Waals surface area contributed by atoms with Gasteiger partial charge in [-0.3, -0.25) is 4.79 Å². The molecule has 0 aliphatic heterocycles. The van der Waals surface area contributed by atoms with Crippen LogP contribution < -0.4 is 10.6 Å². The van der Waals surface area contributed by atoms with Crippen LogP contribution in [0.5, 0.6) is 0 Å². The second kappa shape index (κ2) is 12.2. The molecule has 9 nitrogen and oxygen atoms in total. The van der Waals surface area contributed by atoms with E-state index in [-0.39, 0.29) is 32.0 Å². The zero-order chi connectivity index (χ0) is 24.5. The van der Waals surface area contributed by atoms with Gasteiger partial charge in [-0.05, 0) is 29.2 Å². The van der Waals surface area contributed by atoms with Crippen LogP contribution in [0.1, 0.15) is 30.4 Å². The molecular formula is C25H30N2O7. The molecule has 0 saturated heterocycles. The van der Waals surface area contributed by atoms with E-state index in [0.717, 1.165) is 22.3 Å². The lowest BCUT2D eigenvalue weighted by atomic mass is 9.98. The Kier molecular flexibility index (Phi) is 9.00. The second-order valence-corrected chi connectivity index (χ2v) is 7.85. The predicted molar refractivity (Wildman–Crippen MR) is 125 cm³/mol. The van der Waals surface area contributed by atoms with Crippen molar-refractivity contribution in [1.29, 1.82) is 0 Å². The van der Waals surface area contributed by atoms with E-state index in [1.807, 2.05) is 36.4 Å². The molecule has 182 valence electrons. The molecule has 2 amide bonds. The summed E-state index contributed by atoms with van der Waals surface area (Å²) in [4.78, 5) is 35.5. The number of rotatable bonds is 12. The van der Waals surface area contributed by atoms with Crippen molar-refractivity contribution < 1.29 is 33.7 Å². The number of hydrogen-bond acceptors (Lipinski definition) is 6. The van der Waals surface area contributed by atoms with Crippen molar-refractivity contribution in [2.75, 3.05) is 33.4 Å². The molecule has 2 aromatic rings. The zero-order valence-corrected chi connectivity index (χ0v) is 19.3. The van der Waals surface area contributed by atoms with Gasteiger partial charge in [0.1, 0.15) is 6.61 Å². The van der Waals surface area contributed by atoms with Gasteiger partial charge < -0.3 is 30.0 Å². The first-order chi connectivity index (χ1) is 16.4. The van der Waals surface area contributed by atoms with Crippen molar-refractivity contribution in [1.82, 2.24) is 10.6 Å². The Balaban J connectivity index is 1.49. The van der Waals surface area contributed by atoms with Crippen LogP contribution in [0.15, 0.2) is 48.5 Å². The quantitative estimate of drug-likeness (QED) is 0.436.